The Morgan fingerprint density at radius 2 is 1.80 bits per heavy atom. The molecule has 8 rings (SSSR count). The molecule has 4 N–H and O–H groups in total. The molecule has 1 aliphatic heterocycles. The molecular formula is C37H50N2O10. The molecule has 2 unspecified atom stereocenters. The Morgan fingerprint density at radius 1 is 1.04 bits per heavy atom. The van der Waals surface area contributed by atoms with Gasteiger partial charge in [0.1, 0.15) is 11.2 Å². The lowest BCUT2D eigenvalue weighted by molar-refractivity contribution is -0.320. The maximum absolute atomic E-state index is 14.1. The monoisotopic (exact) mass is 682 g/mol. The zero-order valence-corrected chi connectivity index (χ0v) is 29.2. The number of carbonyl (C=O) groups excluding carboxylic acids is 1. The number of para-hydroxylation sites is 1. The van der Waals surface area contributed by atoms with Crippen LogP contribution in [0.1, 0.15) is 48.5 Å². The van der Waals surface area contributed by atoms with E-state index in [0.717, 1.165) is 6.42 Å². The van der Waals surface area contributed by atoms with Gasteiger partial charge in [-0.15, -0.1) is 0 Å². The average Bonchev–Trinajstić information content (AvgIpc) is 3.63. The van der Waals surface area contributed by atoms with Crippen LogP contribution in [0, 0.1) is 41.4 Å². The Balaban J connectivity index is 1.25. The van der Waals surface area contributed by atoms with Crippen molar-refractivity contribution in [1.82, 2.24) is 9.47 Å². The highest BCUT2D eigenvalue weighted by atomic mass is 16.5. The van der Waals surface area contributed by atoms with Crippen molar-refractivity contribution < 1.29 is 48.9 Å². The minimum atomic E-state index is -1.69. The molecule has 12 nitrogen and oxygen atoms in total. The Kier molecular flexibility index (Phi) is 7.60. The maximum atomic E-state index is 14.1. The summed E-state index contributed by atoms with van der Waals surface area (Å²) in [5.74, 6) is -1.62. The number of piperidine rings is 1. The van der Waals surface area contributed by atoms with E-state index in [2.05, 4.69) is 11.8 Å². The van der Waals surface area contributed by atoms with E-state index in [9.17, 15) is 25.2 Å². The Bertz CT molecular complexity index is 1650. The number of fused-ring (bicyclic) bond motifs is 2. The third kappa shape index (κ3) is 3.81. The molecule has 2 aromatic rings. The predicted molar refractivity (Wildman–Crippen MR) is 176 cm³/mol. The highest BCUT2D eigenvalue weighted by Crippen LogP contribution is 2.80. The lowest BCUT2D eigenvalue weighted by Gasteiger charge is -2.70. The number of nitrogens with zero attached hydrogens (tertiary/aromatic N) is 2. The van der Waals surface area contributed by atoms with Gasteiger partial charge in [-0.05, 0) is 50.8 Å². The highest BCUT2D eigenvalue weighted by molar-refractivity contribution is 5.93. The van der Waals surface area contributed by atoms with Crippen molar-refractivity contribution in [3.05, 3.63) is 41.5 Å². The number of aromatic hydroxyl groups is 2. The molecule has 1 saturated heterocycles. The number of benzene rings is 1. The summed E-state index contributed by atoms with van der Waals surface area (Å²) < 4.78 is 32.6. The number of aromatic nitrogens is 1. The number of aryl methyl sites for hydroxylation is 1. The van der Waals surface area contributed by atoms with E-state index in [1.807, 2.05) is 0 Å². The first-order valence-electron chi connectivity index (χ1n) is 17.6. The number of likely N-dealkylation sites (tertiary alicyclic amines) is 1. The summed E-state index contributed by atoms with van der Waals surface area (Å²) in [6.07, 6.45) is 0.784. The van der Waals surface area contributed by atoms with Crippen molar-refractivity contribution in [3.8, 4) is 17.4 Å². The molecule has 0 amide bonds. The Hall–Kier alpha value is -2.71. The first-order valence-corrected chi connectivity index (χ1v) is 17.6. The summed E-state index contributed by atoms with van der Waals surface area (Å²) >= 11 is 0. The smallest absolute Gasteiger partial charge is 0.340 e. The van der Waals surface area contributed by atoms with E-state index in [0.29, 0.717) is 37.2 Å². The zero-order chi connectivity index (χ0) is 34.8. The van der Waals surface area contributed by atoms with Gasteiger partial charge < -0.3 is 44.1 Å². The summed E-state index contributed by atoms with van der Waals surface area (Å²) in [5, 5.41) is 48.0. The van der Waals surface area contributed by atoms with Crippen molar-refractivity contribution in [3.63, 3.8) is 0 Å². The van der Waals surface area contributed by atoms with Gasteiger partial charge in [-0.1, -0.05) is 19.1 Å². The molecule has 1 aromatic heterocycles. The third-order valence-electron chi connectivity index (χ3n) is 14.3. The van der Waals surface area contributed by atoms with Crippen LogP contribution >= 0.6 is 0 Å². The fraction of sp³-hybridized carbons (Fsp3) is 0.703. The largest absolute Gasteiger partial charge is 0.494 e. The number of methoxy groups -OCH3 is 4. The first kappa shape index (κ1) is 33.4. The number of likely N-dealkylation sites (N-methyl/N-ethyl adjacent to an activating group) is 1. The van der Waals surface area contributed by atoms with Crippen molar-refractivity contribution in [2.75, 3.05) is 48.1 Å². The van der Waals surface area contributed by atoms with Gasteiger partial charge in [0, 0.05) is 81.6 Å². The average molecular weight is 683 g/mol. The second-order valence-corrected chi connectivity index (χ2v) is 15.6. The van der Waals surface area contributed by atoms with Crippen LogP contribution in [0.5, 0.6) is 11.8 Å². The van der Waals surface area contributed by atoms with Gasteiger partial charge in [0.05, 0.1) is 48.3 Å². The third-order valence-corrected chi connectivity index (χ3v) is 14.3. The minimum Gasteiger partial charge on any atom is -0.494 e. The second kappa shape index (κ2) is 11.1. The predicted octanol–water partition coefficient (Wildman–Crippen LogP) is 2.65. The van der Waals surface area contributed by atoms with E-state index in [1.165, 1.54) is 10.6 Å². The molecular weight excluding hydrogens is 632 g/mol. The van der Waals surface area contributed by atoms with E-state index in [-0.39, 0.29) is 72.3 Å². The van der Waals surface area contributed by atoms with Crippen LogP contribution in [-0.2, 0) is 23.7 Å². The van der Waals surface area contributed by atoms with E-state index >= 15 is 0 Å². The van der Waals surface area contributed by atoms with Crippen molar-refractivity contribution in [2.24, 2.45) is 34.5 Å². The molecule has 2 heterocycles. The van der Waals surface area contributed by atoms with Gasteiger partial charge >= 0.3 is 5.97 Å². The maximum Gasteiger partial charge on any atom is 0.340 e. The van der Waals surface area contributed by atoms with Crippen LogP contribution in [0.3, 0.4) is 0 Å². The van der Waals surface area contributed by atoms with Gasteiger partial charge in [0.2, 0.25) is 5.88 Å². The summed E-state index contributed by atoms with van der Waals surface area (Å²) in [5.41, 5.74) is -3.54. The van der Waals surface area contributed by atoms with Crippen LogP contribution < -0.4 is 0 Å². The summed E-state index contributed by atoms with van der Waals surface area (Å²) in [6, 6.07) is 7.71. The Morgan fingerprint density at radius 3 is 2.43 bits per heavy atom. The van der Waals surface area contributed by atoms with Crippen molar-refractivity contribution in [1.29, 1.82) is 0 Å². The number of hydrogen-bond donors (Lipinski definition) is 4. The summed E-state index contributed by atoms with van der Waals surface area (Å²) in [4.78, 5) is 16.4. The quantitative estimate of drug-likeness (QED) is 0.289. The molecule has 1 aromatic carbocycles. The van der Waals surface area contributed by atoms with E-state index in [4.69, 9.17) is 23.7 Å². The summed E-state index contributed by atoms with van der Waals surface area (Å²) in [7, 11) is 6.72. The van der Waals surface area contributed by atoms with Gasteiger partial charge in [0.25, 0.3) is 0 Å². The number of rotatable bonds is 9. The standard InChI is InChI=1S/C37H50N2O10/c1-7-38-17-34(18-49-32(42)20-10-8-9-11-23(20)39-26(40)14-19(2)31(39)41)13-12-25(46-4)36-22-15-21-24(45-3)16-35(43,27(22)28(21)47-5)37(44,33(36)38)30(48-6)29(34)36/h8-11,14,21-22,24-25,27-30,33,40-41,43-44H,7,12-13,15-18H2,1-6H3/t21-,22-,24+,25+,27-,28+,29?,30+,33?,34+,35-,36+,37+/m1/s1. The number of esters is 1. The first-order chi connectivity index (χ1) is 23.4. The van der Waals surface area contributed by atoms with Crippen LogP contribution in [0.2, 0.25) is 0 Å². The van der Waals surface area contributed by atoms with E-state index < -0.39 is 40.1 Å². The molecule has 268 valence electrons. The van der Waals surface area contributed by atoms with Crippen LogP contribution in [-0.4, -0.2) is 126 Å². The van der Waals surface area contributed by atoms with Crippen LogP contribution in [0.4, 0.5) is 0 Å². The number of ether oxygens (including phenoxy) is 5. The molecule has 49 heavy (non-hydrogen) atoms. The molecule has 6 aliphatic rings. The zero-order valence-electron chi connectivity index (χ0n) is 29.2. The van der Waals surface area contributed by atoms with Crippen molar-refractivity contribution in [2.45, 2.75) is 81.2 Å². The van der Waals surface area contributed by atoms with Crippen molar-refractivity contribution >= 4 is 5.97 Å². The van der Waals surface area contributed by atoms with Gasteiger partial charge in [0.15, 0.2) is 5.88 Å². The lowest BCUT2D eigenvalue weighted by atomic mass is 9.42. The van der Waals surface area contributed by atoms with E-state index in [1.54, 1.807) is 59.6 Å². The van der Waals surface area contributed by atoms with Gasteiger partial charge in [-0.2, -0.15) is 0 Å². The normalized spacial score (nSPS) is 44.7. The molecule has 5 aliphatic carbocycles. The molecule has 0 radical (unpaired) electrons. The number of carbonyl (C=O) groups is 1. The highest BCUT2D eigenvalue weighted by Gasteiger charge is 2.91. The SMILES string of the molecule is CCN1C[C@]2(COC(=O)c3ccccc3-n3c(O)cc(C)c3O)CC[C@H](OC)[C@@]34C2[C@H](OC)[C@](O)(C13)[C@@]1(O)C[C@H](OC)[C@H]2C[C@@H]4[C@@H]1[C@H]2OC. The lowest BCUT2D eigenvalue weighted by Crippen LogP contribution is -2.82. The van der Waals surface area contributed by atoms with Gasteiger partial charge in [-0.3, -0.25) is 9.47 Å². The fourth-order valence-electron chi connectivity index (χ4n) is 13.0. The minimum absolute atomic E-state index is 0.0488. The van der Waals surface area contributed by atoms with Gasteiger partial charge in [-0.25, -0.2) is 4.79 Å². The Labute approximate surface area is 286 Å². The molecule has 6 fully saturated rings. The van der Waals surface area contributed by atoms with Crippen LogP contribution in [0.25, 0.3) is 5.69 Å². The number of aliphatic hydroxyl groups is 2. The molecule has 5 saturated carbocycles. The molecule has 1 spiro atoms. The molecule has 13 atom stereocenters. The van der Waals surface area contributed by atoms with Crippen LogP contribution in [0.15, 0.2) is 30.3 Å². The topological polar surface area (TPSA) is 152 Å². The second-order valence-electron chi connectivity index (χ2n) is 15.6. The molecule has 12 heteroatoms. The molecule has 7 bridgehead atoms. The fourth-order valence-corrected chi connectivity index (χ4v) is 13.0. The number of hydrogen-bond acceptors (Lipinski definition) is 11. The summed E-state index contributed by atoms with van der Waals surface area (Å²) in [6.45, 7) is 4.96.